The van der Waals surface area contributed by atoms with Crippen LogP contribution >= 0.6 is 0 Å². The van der Waals surface area contributed by atoms with Gasteiger partial charge in [0.15, 0.2) is 0 Å². The highest BCUT2D eigenvalue weighted by Crippen LogP contribution is 2.37. The molecule has 0 aromatic carbocycles. The minimum Gasteiger partial charge on any atom is -0.481 e. The number of hydrogen-bond acceptors (Lipinski definition) is 9. The van der Waals surface area contributed by atoms with Crippen molar-refractivity contribution >= 4 is 34.8 Å². The largest absolute Gasteiger partial charge is 0.481 e. The number of carbonyl (C=O) groups is 3. The van der Waals surface area contributed by atoms with Gasteiger partial charge in [-0.15, -0.1) is 4.28 Å². The molecule has 0 spiro atoms. The monoisotopic (exact) mass is 463 g/mol. The molecule has 3 rings (SSSR count). The van der Waals surface area contributed by atoms with E-state index >= 15 is 0 Å². The fourth-order valence-electron chi connectivity index (χ4n) is 2.75. The molecule has 3 heterocycles. The van der Waals surface area contributed by atoms with E-state index in [1.165, 1.54) is 18.3 Å². The molecule has 31 heavy (non-hydrogen) atoms. The number of carbonyl (C=O) groups excluding carboxylic acids is 2. The SMILES string of the molecule is CN=CNOC(=O)NCCC(=O)O.Cn1ncc2c1CN1CC2N(OS(=O)(=O)O)C1=O. The molecule has 2 bridgehead atoms. The molecule has 0 radical (unpaired) electrons. The van der Waals surface area contributed by atoms with Gasteiger partial charge in [0.05, 0.1) is 31.4 Å². The summed E-state index contributed by atoms with van der Waals surface area (Å²) in [7, 11) is -1.49. The van der Waals surface area contributed by atoms with Crippen LogP contribution in [0.4, 0.5) is 9.59 Å². The smallest absolute Gasteiger partial charge is 0.431 e. The topological polar surface area (TPSA) is 205 Å². The van der Waals surface area contributed by atoms with E-state index in [9.17, 15) is 22.8 Å². The van der Waals surface area contributed by atoms with Crippen LogP contribution in [0, 0.1) is 0 Å². The molecular formula is C14H21N7O9S. The molecule has 16 nitrogen and oxygen atoms in total. The van der Waals surface area contributed by atoms with E-state index in [1.807, 2.05) is 0 Å². The second-order valence-corrected chi connectivity index (χ2v) is 7.15. The van der Waals surface area contributed by atoms with E-state index in [0.717, 1.165) is 11.3 Å². The Morgan fingerprint density at radius 2 is 2.16 bits per heavy atom. The van der Waals surface area contributed by atoms with Crippen LogP contribution in [0.5, 0.6) is 0 Å². The molecule has 0 saturated carbocycles. The molecule has 1 saturated heterocycles. The third-order valence-electron chi connectivity index (χ3n) is 4.05. The van der Waals surface area contributed by atoms with Crippen LogP contribution in [0.2, 0.25) is 0 Å². The van der Waals surface area contributed by atoms with Gasteiger partial charge in [0, 0.05) is 26.2 Å². The average Bonchev–Trinajstić information content (AvgIpc) is 3.16. The predicted octanol–water partition coefficient (Wildman–Crippen LogP) is -1.20. The first-order chi connectivity index (χ1) is 14.5. The van der Waals surface area contributed by atoms with E-state index in [0.29, 0.717) is 18.2 Å². The number of nitrogens with zero attached hydrogens (tertiary/aromatic N) is 5. The number of aliphatic carboxylic acids is 1. The molecule has 3 amide bonds. The number of amides is 3. The van der Waals surface area contributed by atoms with Crippen LogP contribution in [0.15, 0.2) is 11.2 Å². The van der Waals surface area contributed by atoms with Crippen LogP contribution in [0.3, 0.4) is 0 Å². The molecular weight excluding hydrogens is 442 g/mol. The van der Waals surface area contributed by atoms with Crippen molar-refractivity contribution in [3.63, 3.8) is 0 Å². The molecule has 172 valence electrons. The van der Waals surface area contributed by atoms with Crippen molar-refractivity contribution in [1.29, 1.82) is 0 Å². The Kier molecular flexibility index (Phi) is 7.72. The molecule has 1 fully saturated rings. The molecule has 4 N–H and O–H groups in total. The molecule has 1 aromatic rings. The van der Waals surface area contributed by atoms with Crippen molar-refractivity contribution in [1.82, 2.24) is 30.5 Å². The summed E-state index contributed by atoms with van der Waals surface area (Å²) in [5.41, 5.74) is 3.67. The number of hydroxylamine groups is 3. The zero-order valence-electron chi connectivity index (χ0n) is 16.5. The van der Waals surface area contributed by atoms with E-state index in [2.05, 4.69) is 30.0 Å². The quantitative estimate of drug-likeness (QED) is 0.163. The second kappa shape index (κ2) is 10.0. The summed E-state index contributed by atoms with van der Waals surface area (Å²) < 4.78 is 36.1. The molecule has 1 aromatic heterocycles. The molecule has 1 unspecified atom stereocenters. The van der Waals surface area contributed by atoms with Gasteiger partial charge in [0.2, 0.25) is 0 Å². The van der Waals surface area contributed by atoms with Crippen molar-refractivity contribution in [3.8, 4) is 0 Å². The number of aromatic nitrogens is 2. The molecule has 17 heteroatoms. The summed E-state index contributed by atoms with van der Waals surface area (Å²) in [6, 6.07) is -1.16. The van der Waals surface area contributed by atoms with E-state index in [-0.39, 0.29) is 13.0 Å². The van der Waals surface area contributed by atoms with Gasteiger partial charge in [-0.1, -0.05) is 0 Å². The maximum absolute atomic E-state index is 11.9. The summed E-state index contributed by atoms with van der Waals surface area (Å²) in [4.78, 5) is 41.8. The first kappa shape index (κ1) is 23.8. The standard InChI is InChI=1S/C8H10N4O5S.C6H11N3O4/c1-10-6-3-11-4-7(5(6)2-9-10)12(8(11)13)17-18(14,15)16;1-7-4-9-13-6(12)8-3-2-5(10)11/h2,7H,3-4H2,1H3,(H,14,15,16);4H,2-3H2,1H3,(H,7,9)(H,8,12)(H,10,11). The maximum atomic E-state index is 11.9. The van der Waals surface area contributed by atoms with Crippen molar-refractivity contribution < 1.29 is 41.6 Å². The lowest BCUT2D eigenvalue weighted by atomic mass is 10.1. The van der Waals surface area contributed by atoms with Crippen LogP contribution < -0.4 is 10.8 Å². The Morgan fingerprint density at radius 3 is 2.77 bits per heavy atom. The Morgan fingerprint density at radius 1 is 1.45 bits per heavy atom. The van der Waals surface area contributed by atoms with Crippen LogP contribution in [0.25, 0.3) is 0 Å². The third kappa shape index (κ3) is 6.52. The highest BCUT2D eigenvalue weighted by molar-refractivity contribution is 7.80. The number of hydrogen-bond donors (Lipinski definition) is 4. The summed E-state index contributed by atoms with van der Waals surface area (Å²) in [6.45, 7) is 0.679. The van der Waals surface area contributed by atoms with Crippen LogP contribution in [0.1, 0.15) is 23.7 Å². The van der Waals surface area contributed by atoms with Crippen LogP contribution in [-0.2, 0) is 37.9 Å². The van der Waals surface area contributed by atoms with Gasteiger partial charge < -0.3 is 20.2 Å². The average molecular weight is 463 g/mol. The Hall–Kier alpha value is -3.44. The minimum absolute atomic E-state index is 0.0269. The van der Waals surface area contributed by atoms with Gasteiger partial charge in [0.25, 0.3) is 0 Å². The number of urea groups is 1. The number of aliphatic imine (C=N–C) groups is 1. The molecule has 2 aliphatic rings. The zero-order valence-corrected chi connectivity index (χ0v) is 17.3. The lowest BCUT2D eigenvalue weighted by Crippen LogP contribution is -2.32. The minimum atomic E-state index is -4.72. The number of carboxylic acid groups (broad SMARTS) is 1. The Balaban J connectivity index is 0.000000235. The maximum Gasteiger partial charge on any atom is 0.431 e. The fraction of sp³-hybridized carbons (Fsp3) is 0.500. The third-order valence-corrected chi connectivity index (χ3v) is 4.39. The van der Waals surface area contributed by atoms with Crippen molar-refractivity contribution in [2.45, 2.75) is 19.0 Å². The molecule has 2 aliphatic heterocycles. The highest BCUT2D eigenvalue weighted by atomic mass is 32.3. The van der Waals surface area contributed by atoms with Gasteiger partial charge in [-0.05, 0) is 0 Å². The fourth-order valence-corrected chi connectivity index (χ4v) is 3.12. The summed E-state index contributed by atoms with van der Waals surface area (Å²) in [5, 5.41) is 15.1. The number of carboxylic acids is 1. The molecule has 0 aliphatic carbocycles. The van der Waals surface area contributed by atoms with Gasteiger partial charge in [-0.25, -0.2) is 15.1 Å². The summed E-state index contributed by atoms with van der Waals surface area (Å²) in [5.74, 6) is -0.983. The number of nitrogens with one attached hydrogen (secondary N) is 2. The first-order valence-electron chi connectivity index (χ1n) is 8.62. The van der Waals surface area contributed by atoms with Gasteiger partial charge in [-0.2, -0.15) is 18.6 Å². The summed E-state index contributed by atoms with van der Waals surface area (Å²) >= 11 is 0. The second-order valence-electron chi connectivity index (χ2n) is 6.14. The number of fused-ring (bicyclic) bond motifs is 4. The lowest BCUT2D eigenvalue weighted by Gasteiger charge is -2.21. The van der Waals surface area contributed by atoms with Crippen molar-refractivity contribution in [3.05, 3.63) is 17.5 Å². The zero-order chi connectivity index (χ0) is 23.2. The molecule has 1 atom stereocenters. The Labute approximate surface area is 176 Å². The Bertz CT molecular complexity index is 961. The summed E-state index contributed by atoms with van der Waals surface area (Å²) in [6.07, 6.45) is 1.85. The number of rotatable bonds is 7. The van der Waals surface area contributed by atoms with E-state index < -0.39 is 34.5 Å². The van der Waals surface area contributed by atoms with Crippen molar-refractivity contribution in [2.75, 3.05) is 20.1 Å². The normalized spacial score (nSPS) is 17.1. The number of aryl methyl sites for hydroxylation is 1. The van der Waals surface area contributed by atoms with Gasteiger partial charge in [0.1, 0.15) is 12.4 Å². The van der Waals surface area contributed by atoms with Crippen LogP contribution in [-0.4, -0.2) is 82.4 Å². The predicted molar refractivity (Wildman–Crippen MR) is 101 cm³/mol. The highest BCUT2D eigenvalue weighted by Gasteiger charge is 2.47. The van der Waals surface area contributed by atoms with E-state index in [4.69, 9.17) is 9.66 Å². The van der Waals surface area contributed by atoms with Gasteiger partial charge in [-0.3, -0.25) is 19.0 Å². The van der Waals surface area contributed by atoms with Gasteiger partial charge >= 0.3 is 28.5 Å². The first-order valence-corrected chi connectivity index (χ1v) is 9.98. The van der Waals surface area contributed by atoms with E-state index in [1.54, 1.807) is 17.9 Å². The van der Waals surface area contributed by atoms with Crippen molar-refractivity contribution in [2.24, 2.45) is 12.0 Å². The lowest BCUT2D eigenvalue weighted by molar-refractivity contribution is -0.136.